The largest absolute Gasteiger partial charge is 0.510 e. The predicted octanol–water partition coefficient (Wildman–Crippen LogP) is 12.4. The molecule has 3 aromatic heterocycles. The van der Waals surface area contributed by atoms with Crippen LogP contribution in [-0.4, -0.2) is 14.1 Å². The van der Waals surface area contributed by atoms with E-state index < -0.39 is 6.98 Å². The second kappa shape index (κ2) is 15.3. The van der Waals surface area contributed by atoms with Crippen molar-refractivity contribution in [2.75, 3.05) is 0 Å². The van der Waals surface area contributed by atoms with E-state index in [0.29, 0.717) is 28.2 Å². The van der Waals surface area contributed by atoms with Crippen LogP contribution in [0.15, 0.2) is 170 Å². The van der Waals surface area contributed by atoms with Crippen LogP contribution in [0.4, 0.5) is 0 Å². The Bertz CT molecular complexity index is 3200. The van der Waals surface area contributed by atoms with Crippen LogP contribution in [0.5, 0.6) is 11.5 Å². The van der Waals surface area contributed by atoms with E-state index in [4.69, 9.17) is 13.8 Å². The van der Waals surface area contributed by atoms with Crippen LogP contribution >= 0.6 is 0 Å². The zero-order valence-corrected chi connectivity index (χ0v) is 35.0. The fourth-order valence-corrected chi connectivity index (χ4v) is 8.02. The summed E-state index contributed by atoms with van der Waals surface area (Å²) in [5, 5.41) is 2.13. The van der Waals surface area contributed by atoms with Gasteiger partial charge in [-0.2, -0.15) is 18.2 Å². The standard InChI is InChI=1S/C53H40N4O.Pt/c1-53(2,3)38-30-31-54-50(32-38)57-47-26-12-11-22-44(47)45-29-28-41(34-49(45)57)58-40-21-13-20-39(33-40)56-35-55(4)52-46(25-15-27-48(52)56)51-42(36-16-7-5-8-17-36)23-14-24-43(51)37-18-9-6-10-19-37;/h5-32H,1-4H3;/q-2;/i4D3;. The van der Waals surface area contributed by atoms with Crippen LogP contribution in [0.2, 0.25) is 0 Å². The average Bonchev–Trinajstić information content (AvgIpc) is 3.84. The Morgan fingerprint density at radius 2 is 1.27 bits per heavy atom. The zero-order valence-electron chi connectivity index (χ0n) is 35.7. The summed E-state index contributed by atoms with van der Waals surface area (Å²) >= 11 is 0. The van der Waals surface area contributed by atoms with Gasteiger partial charge in [-0.15, -0.1) is 29.7 Å². The molecule has 0 fully saturated rings. The number of imidazole rings is 1. The van der Waals surface area contributed by atoms with Crippen molar-refractivity contribution in [1.82, 2.24) is 14.1 Å². The first-order valence-electron chi connectivity index (χ1n) is 20.9. The Morgan fingerprint density at radius 1 is 0.627 bits per heavy atom. The molecular formula is C53H40N4OPt-2. The minimum absolute atomic E-state index is 0. The first kappa shape index (κ1) is 34.5. The fraction of sp³-hybridized carbons (Fsp3) is 0.0943. The monoisotopic (exact) mass is 946 g/mol. The van der Waals surface area contributed by atoms with Crippen molar-refractivity contribution in [2.24, 2.45) is 6.98 Å². The van der Waals surface area contributed by atoms with E-state index in [1.165, 1.54) is 10.1 Å². The smallest absolute Gasteiger partial charge is 0.242 e. The molecule has 3 heterocycles. The molecule has 0 N–H and O–H groups in total. The molecule has 290 valence electrons. The van der Waals surface area contributed by atoms with E-state index in [-0.39, 0.29) is 26.5 Å². The average molecular weight is 947 g/mol. The molecule has 0 radical (unpaired) electrons. The number of nitrogens with zero attached hydrogens (tertiary/aromatic N) is 4. The van der Waals surface area contributed by atoms with Gasteiger partial charge in [-0.25, -0.2) is 4.98 Å². The quantitative estimate of drug-likeness (QED) is 0.118. The van der Waals surface area contributed by atoms with Gasteiger partial charge in [-0.1, -0.05) is 147 Å². The topological polar surface area (TPSA) is 35.9 Å². The summed E-state index contributed by atoms with van der Waals surface area (Å²) in [6, 6.07) is 61.6. The van der Waals surface area contributed by atoms with Crippen LogP contribution in [0.1, 0.15) is 30.4 Å². The maximum absolute atomic E-state index is 8.75. The molecule has 6 heteroatoms. The van der Waals surface area contributed by atoms with Gasteiger partial charge in [0.25, 0.3) is 0 Å². The Labute approximate surface area is 363 Å². The Morgan fingerprint density at radius 3 is 2.00 bits per heavy atom. The van der Waals surface area contributed by atoms with Crippen molar-refractivity contribution >= 4 is 32.8 Å². The second-order valence-electron chi connectivity index (χ2n) is 15.5. The van der Waals surface area contributed by atoms with Crippen LogP contribution in [0, 0.1) is 18.5 Å². The molecule has 0 bridgehead atoms. The minimum Gasteiger partial charge on any atom is -0.510 e. The Kier molecular flexibility index (Phi) is 8.95. The number of para-hydroxylation sites is 2. The van der Waals surface area contributed by atoms with E-state index in [1.54, 1.807) is 4.57 Å². The van der Waals surface area contributed by atoms with Crippen molar-refractivity contribution in [3.05, 3.63) is 194 Å². The number of hydrogen-bond acceptors (Lipinski definition) is 2. The predicted molar refractivity (Wildman–Crippen MR) is 235 cm³/mol. The Hall–Kier alpha value is -6.55. The summed E-state index contributed by atoms with van der Waals surface area (Å²) in [6.45, 7) is 4.04. The number of aryl methyl sites for hydroxylation is 1. The second-order valence-corrected chi connectivity index (χ2v) is 15.5. The van der Waals surface area contributed by atoms with Crippen LogP contribution < -0.4 is 9.30 Å². The van der Waals surface area contributed by atoms with Gasteiger partial charge in [0.15, 0.2) is 0 Å². The van der Waals surface area contributed by atoms with Crippen molar-refractivity contribution in [3.63, 3.8) is 0 Å². The molecular weight excluding hydrogens is 904 g/mol. The molecule has 5 nitrogen and oxygen atoms in total. The molecule has 0 saturated carbocycles. The van der Waals surface area contributed by atoms with E-state index >= 15 is 0 Å². The van der Waals surface area contributed by atoms with Gasteiger partial charge >= 0.3 is 0 Å². The molecule has 10 rings (SSSR count). The van der Waals surface area contributed by atoms with Crippen molar-refractivity contribution in [2.45, 2.75) is 26.2 Å². The van der Waals surface area contributed by atoms with Crippen molar-refractivity contribution < 1.29 is 34.5 Å². The molecule has 10 aromatic rings. The van der Waals surface area contributed by atoms with E-state index in [2.05, 4.69) is 117 Å². The van der Waals surface area contributed by atoms with E-state index in [9.17, 15) is 0 Å². The SMILES string of the molecule is [2H]C([2H])([2H])[n+]1[c-]n(-c2[c-]c(Oc3[c-]c4c(cc3)c3ccccc3n4-c3cc(C(C)(C)C)ccn3)ccc2)c2cccc(-c3c(-c4ccccc4)cccc3-c3ccccc3)c21.[Pt]. The third-order valence-corrected chi connectivity index (χ3v) is 10.8. The van der Waals surface area contributed by atoms with Gasteiger partial charge in [0.1, 0.15) is 5.82 Å². The van der Waals surface area contributed by atoms with Crippen molar-refractivity contribution in [1.29, 1.82) is 0 Å². The summed E-state index contributed by atoms with van der Waals surface area (Å²) in [5.74, 6) is 1.75. The molecule has 0 spiro atoms. The molecule has 0 saturated heterocycles. The maximum atomic E-state index is 8.75. The number of aromatic nitrogens is 4. The molecule has 0 unspecified atom stereocenters. The normalized spacial score (nSPS) is 12.6. The van der Waals surface area contributed by atoms with Gasteiger partial charge in [-0.3, -0.25) is 0 Å². The van der Waals surface area contributed by atoms with E-state index in [1.807, 2.05) is 97.2 Å². The third-order valence-electron chi connectivity index (χ3n) is 10.8. The maximum Gasteiger partial charge on any atom is 0.242 e. The Balaban J connectivity index is 0.00000490. The molecule has 0 aliphatic carbocycles. The van der Waals surface area contributed by atoms with Crippen LogP contribution in [0.3, 0.4) is 0 Å². The number of pyridine rings is 1. The summed E-state index contributed by atoms with van der Waals surface area (Å²) in [6.07, 6.45) is 5.07. The molecule has 0 aliphatic rings. The van der Waals surface area contributed by atoms with Gasteiger partial charge < -0.3 is 18.4 Å². The summed E-state index contributed by atoms with van der Waals surface area (Å²) in [7, 11) is 0. The minimum atomic E-state index is -2.55. The van der Waals surface area contributed by atoms with Gasteiger partial charge in [0.05, 0.1) is 22.1 Å². The third kappa shape index (κ3) is 6.86. The van der Waals surface area contributed by atoms with E-state index in [0.717, 1.165) is 61.0 Å². The number of ether oxygens (including phenoxy) is 1. The van der Waals surface area contributed by atoms with Gasteiger partial charge in [-0.05, 0) is 67.9 Å². The van der Waals surface area contributed by atoms with Crippen molar-refractivity contribution in [3.8, 4) is 56.4 Å². The number of fused-ring (bicyclic) bond motifs is 4. The molecule has 0 atom stereocenters. The molecule has 7 aromatic carbocycles. The molecule has 59 heavy (non-hydrogen) atoms. The van der Waals surface area contributed by atoms with Gasteiger partial charge in [0, 0.05) is 44.3 Å². The van der Waals surface area contributed by atoms with Crippen LogP contribution in [-0.2, 0) is 33.5 Å². The first-order chi connectivity index (χ1) is 29.5. The summed E-state index contributed by atoms with van der Waals surface area (Å²) < 4.78 is 38.0. The summed E-state index contributed by atoms with van der Waals surface area (Å²) in [4.78, 5) is 4.81. The first-order valence-corrected chi connectivity index (χ1v) is 19.4. The van der Waals surface area contributed by atoms with Crippen LogP contribution in [0.25, 0.3) is 77.7 Å². The number of hydrogen-bond donors (Lipinski definition) is 0. The summed E-state index contributed by atoms with van der Waals surface area (Å²) in [5.41, 5.74) is 10.5. The van der Waals surface area contributed by atoms with Gasteiger partial charge in [0.2, 0.25) is 6.33 Å². The zero-order chi connectivity index (χ0) is 41.9. The number of rotatable bonds is 7. The molecule has 0 amide bonds. The fourth-order valence-electron chi connectivity index (χ4n) is 8.02. The molecule has 0 aliphatic heterocycles. The number of benzene rings is 7.